The minimum absolute atomic E-state index is 0.255. The predicted octanol–water partition coefficient (Wildman–Crippen LogP) is 3.22. The van der Waals surface area contributed by atoms with E-state index in [-0.39, 0.29) is 12.2 Å². The topological polar surface area (TPSA) is 66.4 Å². The molecule has 1 aliphatic heterocycles. The molecule has 0 fully saturated rings. The number of aliphatic hydroxyl groups is 1. The lowest BCUT2D eigenvalue weighted by atomic mass is 9.88. The van der Waals surface area contributed by atoms with Gasteiger partial charge in [-0.3, -0.25) is 9.59 Å². The summed E-state index contributed by atoms with van der Waals surface area (Å²) in [6.07, 6.45) is -0.267. The fourth-order valence-corrected chi connectivity index (χ4v) is 2.86. The number of ketones is 1. The van der Waals surface area contributed by atoms with Crippen LogP contribution >= 0.6 is 0 Å². The average molecular weight is 309 g/mol. The number of hydrogen-bond donors (Lipinski definition) is 2. The lowest BCUT2D eigenvalue weighted by molar-refractivity contribution is -0.133. The molecule has 1 aliphatic rings. The third kappa shape index (κ3) is 2.66. The van der Waals surface area contributed by atoms with Gasteiger partial charge in [-0.1, -0.05) is 56.3 Å². The van der Waals surface area contributed by atoms with Crippen molar-refractivity contribution in [3.8, 4) is 0 Å². The standard InChI is InChI=1S/C19H19NO3/c1-12(2)13-7-9-14(10-8-13)17(21)11-19(23)15-5-3-4-6-16(15)20-18(19)22/h3-10,12,23H,11H2,1-2H3,(H,20,22)/t19-/m0/s1. The molecule has 2 aromatic carbocycles. The van der Waals surface area contributed by atoms with Crippen LogP contribution in [-0.4, -0.2) is 16.8 Å². The first kappa shape index (κ1) is 15.4. The van der Waals surface area contributed by atoms with Crippen LogP contribution in [0.2, 0.25) is 0 Å². The lowest BCUT2D eigenvalue weighted by Gasteiger charge is -2.20. The van der Waals surface area contributed by atoms with E-state index >= 15 is 0 Å². The van der Waals surface area contributed by atoms with Gasteiger partial charge in [-0.2, -0.15) is 0 Å². The van der Waals surface area contributed by atoms with Crippen LogP contribution < -0.4 is 5.32 Å². The summed E-state index contributed by atoms with van der Waals surface area (Å²) in [5.74, 6) is -0.420. The Morgan fingerprint density at radius 3 is 2.43 bits per heavy atom. The summed E-state index contributed by atoms with van der Waals surface area (Å²) >= 11 is 0. The number of Topliss-reactive ketones (excluding diaryl/α,β-unsaturated/α-hetero) is 1. The lowest BCUT2D eigenvalue weighted by Crippen LogP contribution is -2.36. The quantitative estimate of drug-likeness (QED) is 0.852. The zero-order valence-electron chi connectivity index (χ0n) is 13.2. The third-order valence-corrected chi connectivity index (χ3v) is 4.31. The zero-order valence-corrected chi connectivity index (χ0v) is 13.2. The number of carbonyl (C=O) groups excluding carboxylic acids is 2. The highest BCUT2D eigenvalue weighted by Gasteiger charge is 2.46. The second-order valence-electron chi connectivity index (χ2n) is 6.24. The fraction of sp³-hybridized carbons (Fsp3) is 0.263. The molecular formula is C19H19NO3. The molecule has 2 N–H and O–H groups in total. The molecule has 1 atom stereocenters. The molecule has 1 heterocycles. The minimum Gasteiger partial charge on any atom is -0.375 e. The van der Waals surface area contributed by atoms with Crippen molar-refractivity contribution in [3.63, 3.8) is 0 Å². The van der Waals surface area contributed by atoms with Crippen molar-refractivity contribution in [2.24, 2.45) is 0 Å². The number of carbonyl (C=O) groups is 2. The molecule has 0 aromatic heterocycles. The molecular weight excluding hydrogens is 290 g/mol. The number of amides is 1. The van der Waals surface area contributed by atoms with E-state index in [9.17, 15) is 14.7 Å². The first-order chi connectivity index (χ1) is 10.9. The Morgan fingerprint density at radius 2 is 1.78 bits per heavy atom. The summed E-state index contributed by atoms with van der Waals surface area (Å²) in [6, 6.07) is 14.2. The van der Waals surface area contributed by atoms with E-state index < -0.39 is 11.5 Å². The maximum Gasteiger partial charge on any atom is 0.261 e. The van der Waals surface area contributed by atoms with Gasteiger partial charge in [0.15, 0.2) is 11.4 Å². The number of fused-ring (bicyclic) bond motifs is 1. The highest BCUT2D eigenvalue weighted by Crippen LogP contribution is 2.38. The molecule has 0 saturated heterocycles. The van der Waals surface area contributed by atoms with Gasteiger partial charge < -0.3 is 10.4 Å². The first-order valence-electron chi connectivity index (χ1n) is 7.68. The van der Waals surface area contributed by atoms with Gasteiger partial charge in [-0.05, 0) is 17.5 Å². The molecule has 0 radical (unpaired) electrons. The zero-order chi connectivity index (χ0) is 16.6. The van der Waals surface area contributed by atoms with Crippen LogP contribution in [0.1, 0.15) is 47.7 Å². The van der Waals surface area contributed by atoms with E-state index in [1.807, 2.05) is 12.1 Å². The van der Waals surface area contributed by atoms with Gasteiger partial charge in [0.05, 0.1) is 6.42 Å². The second kappa shape index (κ2) is 5.63. The van der Waals surface area contributed by atoms with Gasteiger partial charge in [0.2, 0.25) is 0 Å². The Kier molecular flexibility index (Phi) is 3.78. The van der Waals surface area contributed by atoms with E-state index in [2.05, 4.69) is 19.2 Å². The van der Waals surface area contributed by atoms with Crippen molar-refractivity contribution in [3.05, 3.63) is 65.2 Å². The molecule has 0 unspecified atom stereocenters. The SMILES string of the molecule is CC(C)c1ccc(C(=O)C[C@@]2(O)C(=O)Nc3ccccc32)cc1. The molecule has 4 nitrogen and oxygen atoms in total. The molecule has 0 spiro atoms. The van der Waals surface area contributed by atoms with Gasteiger partial charge in [-0.25, -0.2) is 0 Å². The number of hydrogen-bond acceptors (Lipinski definition) is 3. The van der Waals surface area contributed by atoms with Crippen molar-refractivity contribution < 1.29 is 14.7 Å². The molecule has 1 amide bonds. The molecule has 3 rings (SSSR count). The summed E-state index contributed by atoms with van der Waals surface area (Å²) in [7, 11) is 0. The highest BCUT2D eigenvalue weighted by molar-refractivity contribution is 6.09. The number of rotatable bonds is 4. The minimum atomic E-state index is -1.80. The average Bonchev–Trinajstić information content (AvgIpc) is 2.79. The fourth-order valence-electron chi connectivity index (χ4n) is 2.86. The van der Waals surface area contributed by atoms with Crippen LogP contribution in [0.25, 0.3) is 0 Å². The van der Waals surface area contributed by atoms with Crippen LogP contribution in [0.4, 0.5) is 5.69 Å². The summed E-state index contributed by atoms with van der Waals surface area (Å²) in [6.45, 7) is 4.17. The smallest absolute Gasteiger partial charge is 0.261 e. The van der Waals surface area contributed by atoms with Gasteiger partial charge in [-0.15, -0.1) is 0 Å². The van der Waals surface area contributed by atoms with Crippen LogP contribution in [0, 0.1) is 0 Å². The van der Waals surface area contributed by atoms with Crippen molar-refractivity contribution in [2.45, 2.75) is 31.8 Å². The van der Waals surface area contributed by atoms with Gasteiger partial charge in [0, 0.05) is 16.8 Å². The number of nitrogens with one attached hydrogen (secondary N) is 1. The number of benzene rings is 2. The van der Waals surface area contributed by atoms with Crippen molar-refractivity contribution >= 4 is 17.4 Å². The summed E-state index contributed by atoms with van der Waals surface area (Å²) < 4.78 is 0. The molecule has 0 aliphatic carbocycles. The van der Waals surface area contributed by atoms with E-state index in [0.717, 1.165) is 5.56 Å². The van der Waals surface area contributed by atoms with Crippen LogP contribution in [0.5, 0.6) is 0 Å². The van der Waals surface area contributed by atoms with E-state index in [4.69, 9.17) is 0 Å². The normalized spacial score (nSPS) is 19.6. The van der Waals surface area contributed by atoms with Crippen LogP contribution in [0.3, 0.4) is 0 Å². The van der Waals surface area contributed by atoms with Crippen molar-refractivity contribution in [2.75, 3.05) is 5.32 Å². The number of para-hydroxylation sites is 1. The predicted molar refractivity (Wildman–Crippen MR) is 88.4 cm³/mol. The van der Waals surface area contributed by atoms with Crippen LogP contribution in [0.15, 0.2) is 48.5 Å². The molecule has 4 heteroatoms. The van der Waals surface area contributed by atoms with E-state index in [0.29, 0.717) is 22.7 Å². The molecule has 118 valence electrons. The Hall–Kier alpha value is -2.46. The van der Waals surface area contributed by atoms with E-state index in [1.54, 1.807) is 36.4 Å². The Balaban J connectivity index is 1.86. The number of anilines is 1. The summed E-state index contributed by atoms with van der Waals surface area (Å²) in [4.78, 5) is 24.7. The third-order valence-electron chi connectivity index (χ3n) is 4.31. The van der Waals surface area contributed by atoms with Crippen molar-refractivity contribution in [1.82, 2.24) is 0 Å². The Morgan fingerprint density at radius 1 is 1.13 bits per heavy atom. The maximum absolute atomic E-state index is 12.5. The van der Waals surface area contributed by atoms with Crippen LogP contribution in [-0.2, 0) is 10.4 Å². The Labute approximate surface area is 135 Å². The van der Waals surface area contributed by atoms with E-state index in [1.165, 1.54) is 0 Å². The summed E-state index contributed by atoms with van der Waals surface area (Å²) in [5.41, 5.74) is 0.856. The summed E-state index contributed by atoms with van der Waals surface area (Å²) in [5, 5.41) is 13.4. The second-order valence-corrected chi connectivity index (χ2v) is 6.24. The van der Waals surface area contributed by atoms with Gasteiger partial charge in [0.1, 0.15) is 0 Å². The maximum atomic E-state index is 12.5. The Bertz CT molecular complexity index is 764. The molecule has 0 saturated carbocycles. The first-order valence-corrected chi connectivity index (χ1v) is 7.68. The molecule has 23 heavy (non-hydrogen) atoms. The van der Waals surface area contributed by atoms with Gasteiger partial charge >= 0.3 is 0 Å². The monoisotopic (exact) mass is 309 g/mol. The highest BCUT2D eigenvalue weighted by atomic mass is 16.3. The largest absolute Gasteiger partial charge is 0.375 e. The van der Waals surface area contributed by atoms with Crippen molar-refractivity contribution in [1.29, 1.82) is 0 Å². The molecule has 0 bridgehead atoms. The molecule has 2 aromatic rings. The van der Waals surface area contributed by atoms with Gasteiger partial charge in [0.25, 0.3) is 5.91 Å².